The van der Waals surface area contributed by atoms with Crippen molar-refractivity contribution in [3.8, 4) is 0 Å². The lowest BCUT2D eigenvalue weighted by Gasteiger charge is -2.31. The van der Waals surface area contributed by atoms with Gasteiger partial charge in [-0.1, -0.05) is 30.3 Å². The van der Waals surface area contributed by atoms with Crippen LogP contribution < -0.4 is 5.32 Å². The molecule has 2 saturated heterocycles. The lowest BCUT2D eigenvalue weighted by Crippen LogP contribution is -2.42. The van der Waals surface area contributed by atoms with E-state index in [9.17, 15) is 4.79 Å². The number of rotatable bonds is 1. The summed E-state index contributed by atoms with van der Waals surface area (Å²) in [7, 11) is 0. The van der Waals surface area contributed by atoms with Crippen molar-refractivity contribution in [3.05, 3.63) is 35.9 Å². The van der Waals surface area contributed by atoms with E-state index in [0.29, 0.717) is 0 Å². The molecular formula is C15H21NO3. The lowest BCUT2D eigenvalue weighted by atomic mass is 10.1. The van der Waals surface area contributed by atoms with Gasteiger partial charge in [0, 0.05) is 31.5 Å². The summed E-state index contributed by atoms with van der Waals surface area (Å²) < 4.78 is 11.0. The molecule has 0 aromatic heterocycles. The molecule has 2 aliphatic heterocycles. The molecule has 0 atom stereocenters. The number of carbonyl (C=O) groups is 1. The number of benzene rings is 1. The number of nitrogens with one attached hydrogen (secondary N) is 1. The van der Waals surface area contributed by atoms with Crippen molar-refractivity contribution in [2.75, 3.05) is 26.3 Å². The molecule has 19 heavy (non-hydrogen) atoms. The standard InChI is InChI=1S/C8H8O.C7H13NO2/c1-7(9)8-5-3-2-4-6-8;1-3-8-4-2-7(1)9-5-6-10-7/h2-6H,1H3;8H,1-6H2. The zero-order valence-corrected chi connectivity index (χ0v) is 11.4. The van der Waals surface area contributed by atoms with Gasteiger partial charge in [-0.15, -0.1) is 0 Å². The Kier molecular flexibility index (Phi) is 5.07. The van der Waals surface area contributed by atoms with Gasteiger partial charge in [-0.2, -0.15) is 0 Å². The first-order valence-electron chi connectivity index (χ1n) is 6.76. The van der Waals surface area contributed by atoms with Crippen LogP contribution in [0.5, 0.6) is 0 Å². The molecule has 1 N–H and O–H groups in total. The smallest absolute Gasteiger partial charge is 0.170 e. The van der Waals surface area contributed by atoms with Crippen molar-refractivity contribution in [1.82, 2.24) is 5.32 Å². The number of Topliss-reactive ketones (excluding diaryl/α,β-unsaturated/α-hetero) is 1. The van der Waals surface area contributed by atoms with Gasteiger partial charge in [0.05, 0.1) is 13.2 Å². The van der Waals surface area contributed by atoms with Crippen molar-refractivity contribution in [2.24, 2.45) is 0 Å². The molecule has 0 saturated carbocycles. The molecule has 2 aliphatic rings. The molecule has 4 nitrogen and oxygen atoms in total. The molecular weight excluding hydrogens is 242 g/mol. The second-order valence-corrected chi connectivity index (χ2v) is 4.78. The van der Waals surface area contributed by atoms with Gasteiger partial charge in [-0.05, 0) is 6.92 Å². The predicted octanol–water partition coefficient (Wildman–Crippen LogP) is 2.00. The number of ketones is 1. The quantitative estimate of drug-likeness (QED) is 0.787. The van der Waals surface area contributed by atoms with E-state index >= 15 is 0 Å². The second-order valence-electron chi connectivity index (χ2n) is 4.78. The van der Waals surface area contributed by atoms with Gasteiger partial charge in [0.1, 0.15) is 0 Å². The van der Waals surface area contributed by atoms with Crippen molar-refractivity contribution in [3.63, 3.8) is 0 Å². The number of hydrogen-bond donors (Lipinski definition) is 1. The van der Waals surface area contributed by atoms with E-state index in [2.05, 4.69) is 5.32 Å². The fourth-order valence-electron chi connectivity index (χ4n) is 2.27. The molecule has 0 aliphatic carbocycles. The molecule has 1 aromatic carbocycles. The van der Waals surface area contributed by atoms with E-state index in [1.54, 1.807) is 6.92 Å². The normalized spacial score (nSPS) is 20.7. The highest BCUT2D eigenvalue weighted by Gasteiger charge is 2.37. The minimum atomic E-state index is -0.189. The highest BCUT2D eigenvalue weighted by atomic mass is 16.7. The Morgan fingerprint density at radius 3 is 2.16 bits per heavy atom. The van der Waals surface area contributed by atoms with Crippen LogP contribution in [0.15, 0.2) is 30.3 Å². The Morgan fingerprint density at radius 2 is 1.68 bits per heavy atom. The zero-order valence-electron chi connectivity index (χ0n) is 11.4. The molecule has 0 unspecified atom stereocenters. The van der Waals surface area contributed by atoms with Gasteiger partial charge in [0.25, 0.3) is 0 Å². The van der Waals surface area contributed by atoms with E-state index in [1.807, 2.05) is 30.3 Å². The SMILES string of the molecule is C1CC2(CCN1)OCCO2.CC(=O)c1ccccc1. The summed E-state index contributed by atoms with van der Waals surface area (Å²) in [5.41, 5.74) is 0.775. The largest absolute Gasteiger partial charge is 0.347 e. The highest BCUT2D eigenvalue weighted by molar-refractivity contribution is 5.93. The van der Waals surface area contributed by atoms with Crippen LogP contribution in [0.3, 0.4) is 0 Å². The van der Waals surface area contributed by atoms with Crippen LogP contribution in [0.1, 0.15) is 30.1 Å². The van der Waals surface area contributed by atoms with Crippen molar-refractivity contribution in [1.29, 1.82) is 0 Å². The fraction of sp³-hybridized carbons (Fsp3) is 0.533. The second kappa shape index (κ2) is 6.80. The summed E-state index contributed by atoms with van der Waals surface area (Å²) in [6, 6.07) is 9.23. The van der Waals surface area contributed by atoms with Gasteiger partial charge in [0.15, 0.2) is 11.6 Å². The molecule has 0 amide bonds. The van der Waals surface area contributed by atoms with Crippen LogP contribution in [-0.2, 0) is 9.47 Å². The van der Waals surface area contributed by atoms with E-state index in [4.69, 9.17) is 9.47 Å². The van der Waals surface area contributed by atoms with Gasteiger partial charge >= 0.3 is 0 Å². The maximum absolute atomic E-state index is 10.6. The summed E-state index contributed by atoms with van der Waals surface area (Å²) in [6.45, 7) is 5.18. The molecule has 0 bridgehead atoms. The van der Waals surface area contributed by atoms with Crippen LogP contribution in [0.25, 0.3) is 0 Å². The molecule has 1 aromatic rings. The average Bonchev–Trinajstić information content (AvgIpc) is 2.89. The average molecular weight is 263 g/mol. The Morgan fingerprint density at radius 1 is 1.11 bits per heavy atom. The predicted molar refractivity (Wildman–Crippen MR) is 73.2 cm³/mol. The minimum Gasteiger partial charge on any atom is -0.347 e. The third kappa shape index (κ3) is 4.13. The first-order valence-corrected chi connectivity index (χ1v) is 6.76. The first-order chi connectivity index (χ1) is 9.22. The third-order valence-corrected chi connectivity index (χ3v) is 3.36. The van der Waals surface area contributed by atoms with Gasteiger partial charge in [-0.25, -0.2) is 0 Å². The maximum Gasteiger partial charge on any atom is 0.170 e. The number of ether oxygens (including phenoxy) is 2. The zero-order chi connectivity index (χ0) is 13.6. The Hall–Kier alpha value is -1.23. The van der Waals surface area contributed by atoms with Crippen molar-refractivity contribution in [2.45, 2.75) is 25.6 Å². The molecule has 3 rings (SSSR count). The summed E-state index contributed by atoms with van der Waals surface area (Å²) >= 11 is 0. The minimum absolute atomic E-state index is 0.121. The lowest BCUT2D eigenvalue weighted by molar-refractivity contribution is -0.172. The first kappa shape index (κ1) is 14.2. The molecule has 2 fully saturated rings. The van der Waals surface area contributed by atoms with Crippen LogP contribution in [-0.4, -0.2) is 37.9 Å². The molecule has 1 spiro atoms. The van der Waals surface area contributed by atoms with E-state index in [1.165, 1.54) is 0 Å². The molecule has 4 heteroatoms. The van der Waals surface area contributed by atoms with Gasteiger partial charge in [-0.3, -0.25) is 4.79 Å². The van der Waals surface area contributed by atoms with Gasteiger partial charge < -0.3 is 14.8 Å². The molecule has 104 valence electrons. The summed E-state index contributed by atoms with van der Waals surface area (Å²) in [5.74, 6) is -0.0683. The van der Waals surface area contributed by atoms with Gasteiger partial charge in [0.2, 0.25) is 0 Å². The van der Waals surface area contributed by atoms with E-state index < -0.39 is 0 Å². The topological polar surface area (TPSA) is 47.6 Å². The molecule has 2 heterocycles. The van der Waals surface area contributed by atoms with Crippen LogP contribution in [0, 0.1) is 0 Å². The maximum atomic E-state index is 10.6. The number of hydrogen-bond acceptors (Lipinski definition) is 4. The Bertz CT molecular complexity index is 391. The van der Waals surface area contributed by atoms with E-state index in [0.717, 1.165) is 44.7 Å². The fourth-order valence-corrected chi connectivity index (χ4v) is 2.27. The Balaban J connectivity index is 0.000000141. The number of piperidine rings is 1. The van der Waals surface area contributed by atoms with Crippen molar-refractivity contribution >= 4 is 5.78 Å². The number of carbonyl (C=O) groups excluding carboxylic acids is 1. The third-order valence-electron chi connectivity index (χ3n) is 3.36. The summed E-state index contributed by atoms with van der Waals surface area (Å²) in [5, 5.41) is 3.28. The van der Waals surface area contributed by atoms with Crippen LogP contribution in [0.4, 0.5) is 0 Å². The van der Waals surface area contributed by atoms with E-state index in [-0.39, 0.29) is 11.6 Å². The molecule has 0 radical (unpaired) electrons. The Labute approximate surface area is 114 Å². The van der Waals surface area contributed by atoms with Crippen molar-refractivity contribution < 1.29 is 14.3 Å². The summed E-state index contributed by atoms with van der Waals surface area (Å²) in [6.07, 6.45) is 2.01. The highest BCUT2D eigenvalue weighted by Crippen LogP contribution is 2.28. The monoisotopic (exact) mass is 263 g/mol. The summed E-state index contributed by atoms with van der Waals surface area (Å²) in [4.78, 5) is 10.6. The van der Waals surface area contributed by atoms with Crippen LogP contribution >= 0.6 is 0 Å². The van der Waals surface area contributed by atoms with Crippen LogP contribution in [0.2, 0.25) is 0 Å².